The number of rotatable bonds is 7. The van der Waals surface area contributed by atoms with Crippen LogP contribution < -0.4 is 5.32 Å². The molecule has 0 spiro atoms. The topological polar surface area (TPSA) is 21.3 Å². The summed E-state index contributed by atoms with van der Waals surface area (Å²) < 4.78 is 6.74. The molecule has 0 bridgehead atoms. The van der Waals surface area contributed by atoms with E-state index in [4.69, 9.17) is 4.74 Å². The molecule has 96 valence electrons. The third-order valence-electron chi connectivity index (χ3n) is 2.30. The first-order valence-electron chi connectivity index (χ1n) is 5.79. The van der Waals surface area contributed by atoms with Gasteiger partial charge in [0.1, 0.15) is 0 Å². The van der Waals surface area contributed by atoms with E-state index in [0.29, 0.717) is 12.1 Å². The molecule has 0 saturated carbocycles. The summed E-state index contributed by atoms with van der Waals surface area (Å²) in [4.78, 5) is 1.29. The Kier molecular flexibility index (Phi) is 7.19. The molecule has 0 aliphatic carbocycles. The average molecular weight is 318 g/mol. The fourth-order valence-corrected chi connectivity index (χ4v) is 2.50. The smallest absolute Gasteiger partial charge is 0.0631 e. The van der Waals surface area contributed by atoms with Crippen molar-refractivity contribution in [3.05, 3.63) is 28.7 Å². The van der Waals surface area contributed by atoms with Gasteiger partial charge in [-0.1, -0.05) is 15.9 Å². The highest BCUT2D eigenvalue weighted by Gasteiger charge is 2.08. The summed E-state index contributed by atoms with van der Waals surface area (Å²) in [5.41, 5.74) is 0. The minimum Gasteiger partial charge on any atom is -0.377 e. The zero-order chi connectivity index (χ0) is 12.7. The Balaban J connectivity index is 2.34. The van der Waals surface area contributed by atoms with Gasteiger partial charge in [-0.25, -0.2) is 0 Å². The minimum absolute atomic E-state index is 0.295. The second kappa shape index (κ2) is 8.14. The monoisotopic (exact) mass is 317 g/mol. The summed E-state index contributed by atoms with van der Waals surface area (Å²) >= 11 is 5.29. The first-order chi connectivity index (χ1) is 8.11. The highest BCUT2D eigenvalue weighted by molar-refractivity contribution is 9.10. The Bertz CT molecular complexity index is 316. The number of ether oxygens (including phenoxy) is 1. The number of nitrogens with one attached hydrogen (secondary N) is 1. The van der Waals surface area contributed by atoms with Crippen LogP contribution in [0.25, 0.3) is 0 Å². The maximum atomic E-state index is 5.62. The van der Waals surface area contributed by atoms with Crippen molar-refractivity contribution in [2.45, 2.75) is 30.9 Å². The van der Waals surface area contributed by atoms with Crippen molar-refractivity contribution in [2.75, 3.05) is 19.4 Å². The van der Waals surface area contributed by atoms with Crippen LogP contribution in [0.5, 0.6) is 0 Å². The molecule has 0 aliphatic rings. The van der Waals surface area contributed by atoms with Crippen LogP contribution in [-0.4, -0.2) is 31.6 Å². The Morgan fingerprint density at radius 3 is 2.47 bits per heavy atom. The van der Waals surface area contributed by atoms with E-state index in [1.807, 2.05) is 18.8 Å². The van der Waals surface area contributed by atoms with Gasteiger partial charge in [0.2, 0.25) is 0 Å². The van der Waals surface area contributed by atoms with Crippen molar-refractivity contribution in [3.63, 3.8) is 0 Å². The van der Waals surface area contributed by atoms with Crippen molar-refractivity contribution in [1.82, 2.24) is 5.32 Å². The van der Waals surface area contributed by atoms with Gasteiger partial charge in [0.25, 0.3) is 0 Å². The molecule has 1 aromatic rings. The lowest BCUT2D eigenvalue weighted by atomic mass is 10.3. The Morgan fingerprint density at radius 1 is 1.29 bits per heavy atom. The van der Waals surface area contributed by atoms with Gasteiger partial charge in [0.05, 0.1) is 12.7 Å². The predicted octanol–water partition coefficient (Wildman–Crippen LogP) is 3.55. The molecule has 1 atom stereocenters. The van der Waals surface area contributed by atoms with Gasteiger partial charge >= 0.3 is 0 Å². The van der Waals surface area contributed by atoms with Gasteiger partial charge in [0, 0.05) is 21.2 Å². The first-order valence-corrected chi connectivity index (χ1v) is 7.57. The fraction of sp³-hybridized carbons (Fsp3) is 0.538. The summed E-state index contributed by atoms with van der Waals surface area (Å²) in [5.74, 6) is 1.02. The van der Waals surface area contributed by atoms with Crippen molar-refractivity contribution < 1.29 is 4.74 Å². The van der Waals surface area contributed by atoms with Crippen LogP contribution in [0.3, 0.4) is 0 Å². The van der Waals surface area contributed by atoms with Crippen LogP contribution in [0.4, 0.5) is 0 Å². The molecule has 0 heterocycles. The number of likely N-dealkylation sites (N-methyl/N-ethyl adjacent to an activating group) is 1. The summed E-state index contributed by atoms with van der Waals surface area (Å²) in [7, 11) is 1.98. The number of benzene rings is 1. The number of halogens is 1. The molecule has 0 fully saturated rings. The summed E-state index contributed by atoms with van der Waals surface area (Å²) in [5, 5.41) is 3.28. The third-order valence-corrected chi connectivity index (χ3v) is 4.01. The van der Waals surface area contributed by atoms with Crippen molar-refractivity contribution in [2.24, 2.45) is 0 Å². The summed E-state index contributed by atoms with van der Waals surface area (Å²) in [6.45, 7) is 4.89. The highest BCUT2D eigenvalue weighted by Crippen LogP contribution is 2.21. The third kappa shape index (κ3) is 6.46. The maximum Gasteiger partial charge on any atom is 0.0631 e. The molecule has 2 nitrogen and oxygen atoms in total. The van der Waals surface area contributed by atoms with Gasteiger partial charge in [-0.05, 0) is 45.2 Å². The summed E-state index contributed by atoms with van der Waals surface area (Å²) in [6, 6.07) is 8.80. The molecule has 4 heteroatoms. The van der Waals surface area contributed by atoms with E-state index >= 15 is 0 Å². The lowest BCUT2D eigenvalue weighted by Crippen LogP contribution is -2.33. The number of hydrogen-bond acceptors (Lipinski definition) is 3. The largest absolute Gasteiger partial charge is 0.377 e. The zero-order valence-corrected chi connectivity index (χ0v) is 13.0. The normalized spacial score (nSPS) is 13.0. The Labute approximate surface area is 117 Å². The van der Waals surface area contributed by atoms with Crippen molar-refractivity contribution >= 4 is 27.7 Å². The van der Waals surface area contributed by atoms with E-state index in [1.54, 1.807) is 0 Å². The quantitative estimate of drug-likeness (QED) is 0.777. The molecule has 0 saturated heterocycles. The van der Waals surface area contributed by atoms with Crippen LogP contribution in [0, 0.1) is 0 Å². The highest BCUT2D eigenvalue weighted by atomic mass is 79.9. The molecule has 1 unspecified atom stereocenters. The lowest BCUT2D eigenvalue weighted by molar-refractivity contribution is 0.0668. The molecule has 0 radical (unpaired) electrons. The number of hydrogen-bond donors (Lipinski definition) is 1. The van der Waals surface area contributed by atoms with E-state index in [2.05, 4.69) is 59.4 Å². The van der Waals surface area contributed by atoms with Crippen LogP contribution >= 0.6 is 27.7 Å². The number of thioether (sulfide) groups is 1. The molecular formula is C13H20BrNOS. The van der Waals surface area contributed by atoms with Gasteiger partial charge < -0.3 is 10.1 Å². The van der Waals surface area contributed by atoms with E-state index in [1.165, 1.54) is 4.90 Å². The predicted molar refractivity (Wildman–Crippen MR) is 78.8 cm³/mol. The Morgan fingerprint density at radius 2 is 1.94 bits per heavy atom. The van der Waals surface area contributed by atoms with Crippen molar-refractivity contribution in [1.29, 1.82) is 0 Å². The molecule has 0 aliphatic heterocycles. The van der Waals surface area contributed by atoms with Crippen molar-refractivity contribution in [3.8, 4) is 0 Å². The first kappa shape index (κ1) is 15.0. The van der Waals surface area contributed by atoms with Gasteiger partial charge in [-0.15, -0.1) is 11.8 Å². The second-order valence-electron chi connectivity index (χ2n) is 4.13. The van der Waals surface area contributed by atoms with Gasteiger partial charge in [-0.2, -0.15) is 0 Å². The Hall–Kier alpha value is -0.0300. The van der Waals surface area contributed by atoms with Crippen LogP contribution in [0.15, 0.2) is 33.6 Å². The van der Waals surface area contributed by atoms with Gasteiger partial charge in [0.15, 0.2) is 0 Å². The van der Waals surface area contributed by atoms with Crippen LogP contribution in [0.1, 0.15) is 13.8 Å². The molecule has 0 aromatic heterocycles. The molecule has 1 N–H and O–H groups in total. The maximum absolute atomic E-state index is 5.62. The van der Waals surface area contributed by atoms with Gasteiger partial charge in [-0.3, -0.25) is 0 Å². The van der Waals surface area contributed by atoms with Crippen LogP contribution in [0.2, 0.25) is 0 Å². The molecular weight excluding hydrogens is 298 g/mol. The lowest BCUT2D eigenvalue weighted by Gasteiger charge is -2.17. The molecule has 17 heavy (non-hydrogen) atoms. The standard InChI is InChI=1S/C13H20BrNOS/c1-10(2)16-8-12(15-3)9-17-13-6-4-11(14)5-7-13/h4-7,10,12,15H,8-9H2,1-3H3. The van der Waals surface area contributed by atoms with E-state index < -0.39 is 0 Å². The zero-order valence-electron chi connectivity index (χ0n) is 10.6. The van der Waals surface area contributed by atoms with E-state index in [0.717, 1.165) is 16.8 Å². The van der Waals surface area contributed by atoms with E-state index in [-0.39, 0.29) is 0 Å². The summed E-state index contributed by atoms with van der Waals surface area (Å²) in [6.07, 6.45) is 0.295. The molecule has 1 aromatic carbocycles. The molecule has 0 amide bonds. The van der Waals surface area contributed by atoms with Crippen LogP contribution in [-0.2, 0) is 4.74 Å². The average Bonchev–Trinajstić information content (AvgIpc) is 2.31. The second-order valence-corrected chi connectivity index (χ2v) is 6.14. The van der Waals surface area contributed by atoms with E-state index in [9.17, 15) is 0 Å². The fourth-order valence-electron chi connectivity index (χ4n) is 1.25. The minimum atomic E-state index is 0.295. The SMILES string of the molecule is CNC(COC(C)C)CSc1ccc(Br)cc1. The molecule has 1 rings (SSSR count).